The summed E-state index contributed by atoms with van der Waals surface area (Å²) in [6.45, 7) is 6.80. The molecule has 2 saturated heterocycles. The van der Waals surface area contributed by atoms with Gasteiger partial charge in [-0.2, -0.15) is 0 Å². The summed E-state index contributed by atoms with van der Waals surface area (Å²) in [5, 5.41) is 8.60. The monoisotopic (exact) mass is 429 g/mol. The second-order valence-electron chi connectivity index (χ2n) is 8.76. The van der Waals surface area contributed by atoms with E-state index in [4.69, 9.17) is 4.42 Å². The summed E-state index contributed by atoms with van der Waals surface area (Å²) in [4.78, 5) is 21.8. The van der Waals surface area contributed by atoms with Crippen LogP contribution in [-0.4, -0.2) is 76.6 Å². The summed E-state index contributed by atoms with van der Waals surface area (Å²) in [6.07, 6.45) is 8.50. The summed E-state index contributed by atoms with van der Waals surface area (Å²) in [6, 6.07) is 2.24. The zero-order valence-electron chi connectivity index (χ0n) is 17.6. The van der Waals surface area contributed by atoms with Crippen LogP contribution in [0.3, 0.4) is 0 Å². The summed E-state index contributed by atoms with van der Waals surface area (Å²) in [5.74, 6) is 1.65. The number of hydrogen-bond acceptors (Lipinski definition) is 7. The molecular formula is C22H31N5O2S. The Labute approximate surface area is 182 Å². The normalized spacial score (nSPS) is 21.0. The van der Waals surface area contributed by atoms with Crippen LogP contribution >= 0.6 is 11.3 Å². The fourth-order valence-electron chi connectivity index (χ4n) is 4.74. The molecule has 0 N–H and O–H groups in total. The fraction of sp³-hybridized carbons (Fsp3) is 0.682. The molecule has 0 saturated carbocycles. The number of nitrogens with zero attached hydrogens (tertiary/aromatic N) is 5. The zero-order valence-corrected chi connectivity index (χ0v) is 18.5. The van der Waals surface area contributed by atoms with E-state index in [9.17, 15) is 4.79 Å². The molecule has 1 aliphatic carbocycles. The quantitative estimate of drug-likeness (QED) is 0.728. The number of fused-ring (bicyclic) bond motifs is 1. The van der Waals surface area contributed by atoms with Gasteiger partial charge < -0.3 is 9.32 Å². The molecule has 4 heterocycles. The largest absolute Gasteiger partial charge is 0.419 e. The Kier molecular flexibility index (Phi) is 6.15. The maximum Gasteiger partial charge on any atom is 0.257 e. The van der Waals surface area contributed by atoms with Crippen LogP contribution < -0.4 is 0 Å². The molecule has 162 valence electrons. The number of rotatable bonds is 5. The van der Waals surface area contributed by atoms with E-state index in [1.807, 2.05) is 16.2 Å². The number of piperidine rings is 1. The van der Waals surface area contributed by atoms with Crippen LogP contribution in [0.5, 0.6) is 0 Å². The molecule has 2 aromatic heterocycles. The number of amides is 1. The third-order valence-electron chi connectivity index (χ3n) is 6.57. The third kappa shape index (κ3) is 4.60. The van der Waals surface area contributed by atoms with Crippen LogP contribution in [-0.2, 0) is 24.2 Å². The van der Waals surface area contributed by atoms with Gasteiger partial charge in [-0.15, -0.1) is 21.5 Å². The molecule has 0 unspecified atom stereocenters. The fourth-order valence-corrected chi connectivity index (χ4v) is 5.92. The maximum absolute atomic E-state index is 12.5. The van der Waals surface area contributed by atoms with Crippen molar-refractivity contribution in [2.75, 3.05) is 45.8 Å². The maximum atomic E-state index is 12.5. The molecule has 3 aliphatic rings. The van der Waals surface area contributed by atoms with E-state index < -0.39 is 0 Å². The predicted molar refractivity (Wildman–Crippen MR) is 116 cm³/mol. The highest BCUT2D eigenvalue weighted by Crippen LogP contribution is 2.35. The highest BCUT2D eigenvalue weighted by molar-refractivity contribution is 7.15. The number of aromatic nitrogens is 2. The van der Waals surface area contributed by atoms with Crippen LogP contribution in [0.1, 0.15) is 48.4 Å². The summed E-state index contributed by atoms with van der Waals surface area (Å²) >= 11 is 1.81. The van der Waals surface area contributed by atoms with Crippen molar-refractivity contribution in [3.05, 3.63) is 22.4 Å². The minimum Gasteiger partial charge on any atom is -0.419 e. The van der Waals surface area contributed by atoms with Crippen LogP contribution in [0.4, 0.5) is 0 Å². The van der Waals surface area contributed by atoms with Crippen LogP contribution in [0.2, 0.25) is 0 Å². The van der Waals surface area contributed by atoms with Crippen LogP contribution in [0.15, 0.2) is 10.5 Å². The molecule has 1 amide bonds. The van der Waals surface area contributed by atoms with Gasteiger partial charge in [0.2, 0.25) is 11.8 Å². The molecule has 7 nitrogen and oxygen atoms in total. The van der Waals surface area contributed by atoms with E-state index in [0.29, 0.717) is 30.8 Å². The van der Waals surface area contributed by atoms with Gasteiger partial charge in [-0.25, -0.2) is 0 Å². The van der Waals surface area contributed by atoms with Gasteiger partial charge in [0.25, 0.3) is 5.89 Å². The molecule has 0 spiro atoms. The first-order chi connectivity index (χ1) is 14.7. The van der Waals surface area contributed by atoms with E-state index in [1.54, 1.807) is 0 Å². The van der Waals surface area contributed by atoms with Gasteiger partial charge in [-0.1, -0.05) is 0 Å². The minimum absolute atomic E-state index is 0.295. The number of thiophene rings is 1. The van der Waals surface area contributed by atoms with Crippen LogP contribution in [0, 0.1) is 0 Å². The Morgan fingerprint density at radius 2 is 1.70 bits per heavy atom. The molecular weight excluding hydrogens is 398 g/mol. The van der Waals surface area contributed by atoms with Gasteiger partial charge in [-0.05, 0) is 56.6 Å². The number of carbonyl (C=O) groups is 1. The number of aryl methyl sites for hydroxylation is 2. The van der Waals surface area contributed by atoms with Gasteiger partial charge in [-0.3, -0.25) is 14.6 Å². The van der Waals surface area contributed by atoms with Crippen molar-refractivity contribution in [1.29, 1.82) is 0 Å². The van der Waals surface area contributed by atoms with Crippen molar-refractivity contribution in [3.63, 3.8) is 0 Å². The minimum atomic E-state index is 0.295. The standard InChI is InChI=1S/C22H31N5O2S/c28-21(27-8-4-1-5-9-27)16-26-12-10-25(11-13-26)15-20-23-24-22(29-20)19-14-17-6-2-3-7-18(17)30-19/h14H,1-13,15-16H2. The molecule has 2 aromatic rings. The molecule has 5 rings (SSSR count). The Balaban J connectivity index is 1.11. The van der Waals surface area contributed by atoms with Gasteiger partial charge in [0, 0.05) is 44.1 Å². The van der Waals surface area contributed by atoms with Gasteiger partial charge in [0.05, 0.1) is 18.0 Å². The molecule has 8 heteroatoms. The summed E-state index contributed by atoms with van der Waals surface area (Å²) in [5.41, 5.74) is 1.47. The van der Waals surface area contributed by atoms with Gasteiger partial charge >= 0.3 is 0 Å². The average Bonchev–Trinajstić information content (AvgIpc) is 3.42. The van der Waals surface area contributed by atoms with Crippen molar-refractivity contribution in [2.45, 2.75) is 51.5 Å². The van der Waals surface area contributed by atoms with Crippen molar-refractivity contribution in [1.82, 2.24) is 24.9 Å². The van der Waals surface area contributed by atoms with E-state index in [2.05, 4.69) is 26.1 Å². The average molecular weight is 430 g/mol. The Hall–Kier alpha value is -1.77. The molecule has 0 atom stereocenters. The molecule has 2 aliphatic heterocycles. The molecule has 0 bridgehead atoms. The van der Waals surface area contributed by atoms with Crippen molar-refractivity contribution in [2.24, 2.45) is 0 Å². The summed E-state index contributed by atoms with van der Waals surface area (Å²) in [7, 11) is 0. The summed E-state index contributed by atoms with van der Waals surface area (Å²) < 4.78 is 5.99. The molecule has 0 aromatic carbocycles. The topological polar surface area (TPSA) is 65.7 Å². The smallest absolute Gasteiger partial charge is 0.257 e. The number of carbonyl (C=O) groups excluding carboxylic acids is 1. The molecule has 2 fully saturated rings. The Morgan fingerprint density at radius 3 is 2.50 bits per heavy atom. The van der Waals surface area contributed by atoms with Crippen molar-refractivity contribution >= 4 is 17.2 Å². The Morgan fingerprint density at radius 1 is 0.933 bits per heavy atom. The van der Waals surface area contributed by atoms with Crippen LogP contribution in [0.25, 0.3) is 10.8 Å². The van der Waals surface area contributed by atoms with Crippen molar-refractivity contribution in [3.8, 4) is 10.8 Å². The first-order valence-electron chi connectivity index (χ1n) is 11.4. The number of likely N-dealkylation sites (tertiary alicyclic amines) is 1. The number of hydrogen-bond donors (Lipinski definition) is 0. The first-order valence-corrected chi connectivity index (χ1v) is 12.2. The van der Waals surface area contributed by atoms with E-state index in [0.717, 1.165) is 57.0 Å². The highest BCUT2D eigenvalue weighted by Gasteiger charge is 2.24. The second kappa shape index (κ2) is 9.16. The lowest BCUT2D eigenvalue weighted by atomic mass is 9.99. The van der Waals surface area contributed by atoms with Gasteiger partial charge in [0.15, 0.2) is 0 Å². The number of piperazine rings is 1. The van der Waals surface area contributed by atoms with E-state index in [1.165, 1.54) is 42.5 Å². The lowest BCUT2D eigenvalue weighted by Gasteiger charge is -2.35. The van der Waals surface area contributed by atoms with E-state index >= 15 is 0 Å². The van der Waals surface area contributed by atoms with Crippen molar-refractivity contribution < 1.29 is 9.21 Å². The first kappa shape index (κ1) is 20.2. The third-order valence-corrected chi connectivity index (χ3v) is 7.79. The lowest BCUT2D eigenvalue weighted by molar-refractivity contribution is -0.133. The molecule has 30 heavy (non-hydrogen) atoms. The highest BCUT2D eigenvalue weighted by atomic mass is 32.1. The Bertz CT molecular complexity index is 841. The van der Waals surface area contributed by atoms with Gasteiger partial charge in [0.1, 0.15) is 0 Å². The second-order valence-corrected chi connectivity index (χ2v) is 9.90. The lowest BCUT2D eigenvalue weighted by Crippen LogP contribution is -2.50. The zero-order chi connectivity index (χ0) is 20.3. The predicted octanol–water partition coefficient (Wildman–Crippen LogP) is 2.81. The SMILES string of the molecule is O=C(CN1CCN(Cc2nnc(-c3cc4c(s3)CCCC4)o2)CC1)N1CCCCC1. The molecule has 0 radical (unpaired) electrons. The van der Waals surface area contributed by atoms with E-state index in [-0.39, 0.29) is 0 Å².